The molecule has 4 aliphatic rings. The average molecular weight is 673 g/mol. The van der Waals surface area contributed by atoms with Crippen molar-refractivity contribution in [1.82, 2.24) is 40.0 Å². The first-order chi connectivity index (χ1) is 23.8. The maximum Gasteiger partial charge on any atom is 0.360 e. The van der Waals surface area contributed by atoms with Gasteiger partial charge in [0, 0.05) is 33.3 Å². The number of rotatable bonds is 12. The number of pyridine rings is 2. The summed E-state index contributed by atoms with van der Waals surface area (Å²) >= 11 is 0. The number of carboxylic acids is 1. The Morgan fingerprint density at radius 1 is 0.796 bits per heavy atom. The molecule has 49 heavy (non-hydrogen) atoms. The number of piperidine rings is 2. The van der Waals surface area contributed by atoms with Gasteiger partial charge in [-0.3, -0.25) is 0 Å². The summed E-state index contributed by atoms with van der Waals surface area (Å²) in [5.74, 6) is 3.69. The number of aromatic carboxylic acids is 1. The van der Waals surface area contributed by atoms with E-state index >= 15 is 0 Å². The van der Waals surface area contributed by atoms with E-state index in [-0.39, 0.29) is 18.0 Å². The number of hydrogen-bond donors (Lipinski definition) is 2. The van der Waals surface area contributed by atoms with E-state index in [1.165, 1.54) is 23.7 Å². The summed E-state index contributed by atoms with van der Waals surface area (Å²) in [6.07, 6.45) is 5.66. The van der Waals surface area contributed by atoms with Crippen molar-refractivity contribution in [2.75, 3.05) is 49.7 Å². The third-order valence-corrected chi connectivity index (χ3v) is 9.59. The van der Waals surface area contributed by atoms with Gasteiger partial charge in [0.25, 0.3) is 0 Å². The third kappa shape index (κ3) is 7.39. The molecule has 2 saturated carbocycles. The first-order valence-electron chi connectivity index (χ1n) is 16.6. The lowest BCUT2D eigenvalue weighted by atomic mass is 10.2. The number of carbonyl (C=O) groups is 2. The van der Waals surface area contributed by atoms with Crippen LogP contribution in [-0.4, -0.2) is 102 Å². The average Bonchev–Trinajstić information content (AvgIpc) is 3.63. The number of carboxylic acid groups (broad SMARTS) is 1. The molecule has 258 valence electrons. The van der Waals surface area contributed by atoms with E-state index in [0.717, 1.165) is 78.3 Å². The van der Waals surface area contributed by atoms with E-state index in [1.54, 1.807) is 24.9 Å². The number of hydrogen-bond acceptors (Lipinski definition) is 13. The van der Waals surface area contributed by atoms with Crippen molar-refractivity contribution in [2.24, 2.45) is 23.7 Å². The summed E-state index contributed by atoms with van der Waals surface area (Å²) < 4.78 is 13.2. The molecule has 2 aliphatic carbocycles. The van der Waals surface area contributed by atoms with E-state index in [4.69, 9.17) is 19.6 Å². The van der Waals surface area contributed by atoms with Crippen molar-refractivity contribution in [2.45, 2.75) is 46.1 Å². The van der Waals surface area contributed by atoms with Gasteiger partial charge in [0.05, 0.1) is 56.7 Å². The monoisotopic (exact) mass is 672 g/mol. The highest BCUT2D eigenvalue weighted by Gasteiger charge is 2.46. The van der Waals surface area contributed by atoms with Crippen LogP contribution in [0.15, 0.2) is 36.7 Å². The van der Waals surface area contributed by atoms with Crippen LogP contribution in [0.3, 0.4) is 0 Å². The SMILES string of the molecule is CCOC(=O)c1cn(Cc2ccc(N3CC4CC4C3)nc2CO)nn1.COCc1nc(N2CC3CC3C2)ccc1Cn1cc(C(=O)O)nn1. The van der Waals surface area contributed by atoms with Crippen molar-refractivity contribution < 1.29 is 29.3 Å². The number of methoxy groups -OCH3 is 1. The number of aliphatic hydroxyl groups excluding tert-OH is 1. The summed E-state index contributed by atoms with van der Waals surface area (Å²) in [7, 11) is 1.64. The number of aromatic nitrogens is 8. The fraction of sp³-hybridized carbons (Fsp3) is 0.515. The van der Waals surface area contributed by atoms with Gasteiger partial charge in [-0.25, -0.2) is 28.9 Å². The molecule has 0 bridgehead atoms. The molecule has 0 amide bonds. The second-order valence-corrected chi connectivity index (χ2v) is 13.1. The van der Waals surface area contributed by atoms with Crippen LogP contribution in [0.2, 0.25) is 0 Å². The normalized spacial score (nSPS) is 21.5. The van der Waals surface area contributed by atoms with Gasteiger partial charge in [-0.2, -0.15) is 0 Å². The van der Waals surface area contributed by atoms with Crippen LogP contribution >= 0.6 is 0 Å². The Labute approximate surface area is 282 Å². The predicted octanol–water partition coefficient (Wildman–Crippen LogP) is 1.87. The molecular weight excluding hydrogens is 632 g/mol. The van der Waals surface area contributed by atoms with Crippen LogP contribution in [0.5, 0.6) is 0 Å². The molecule has 4 aromatic rings. The molecule has 0 spiro atoms. The zero-order valence-corrected chi connectivity index (χ0v) is 27.6. The Kier molecular flexibility index (Phi) is 9.23. The number of nitrogens with zero attached hydrogens (tertiary/aromatic N) is 10. The van der Waals surface area contributed by atoms with Gasteiger partial charge in [0.1, 0.15) is 11.6 Å². The van der Waals surface area contributed by atoms with Gasteiger partial charge in [0.2, 0.25) is 0 Å². The topological polar surface area (TPSA) is 187 Å². The second kappa shape index (κ2) is 13.9. The highest BCUT2D eigenvalue weighted by molar-refractivity contribution is 5.86. The minimum atomic E-state index is -1.08. The van der Waals surface area contributed by atoms with Crippen LogP contribution in [0.4, 0.5) is 11.6 Å². The Hall–Kier alpha value is -4.96. The van der Waals surface area contributed by atoms with E-state index in [2.05, 4.69) is 35.4 Å². The van der Waals surface area contributed by atoms with Gasteiger partial charge in [-0.05, 0) is 66.7 Å². The van der Waals surface area contributed by atoms with Crippen LogP contribution < -0.4 is 9.80 Å². The lowest BCUT2D eigenvalue weighted by Gasteiger charge is -2.20. The van der Waals surface area contributed by atoms with Crippen molar-refractivity contribution in [3.8, 4) is 0 Å². The Morgan fingerprint density at radius 2 is 1.31 bits per heavy atom. The minimum Gasteiger partial charge on any atom is -0.476 e. The Bertz CT molecular complexity index is 1810. The van der Waals surface area contributed by atoms with Crippen molar-refractivity contribution in [3.05, 3.63) is 70.6 Å². The number of fused-ring (bicyclic) bond motifs is 2. The lowest BCUT2D eigenvalue weighted by Crippen LogP contribution is -2.23. The summed E-state index contributed by atoms with van der Waals surface area (Å²) in [6, 6.07) is 7.99. The predicted molar refractivity (Wildman–Crippen MR) is 174 cm³/mol. The van der Waals surface area contributed by atoms with E-state index in [0.29, 0.717) is 32.0 Å². The van der Waals surface area contributed by atoms with Gasteiger partial charge >= 0.3 is 11.9 Å². The standard InChI is InChI=1S/C17H21N5O3.C16H19N5O3/c1-2-25-17(24)14-9-22(20-19-14)8-11-3-4-16(18-15(11)10-23)21-6-12-5-13(12)7-21;1-24-9-14-10(7-21-8-13(16(22)23)18-19-21)2-3-15(17-14)20-5-11-4-12(11)6-20/h3-4,9,12-13,23H,2,5-8,10H2,1H3;2-3,8,11-12H,4-7,9H2,1H3,(H,22,23). The largest absolute Gasteiger partial charge is 0.476 e. The molecule has 16 nitrogen and oxygen atoms in total. The first-order valence-corrected chi connectivity index (χ1v) is 16.6. The molecule has 8 rings (SSSR count). The van der Waals surface area contributed by atoms with Crippen LogP contribution in [0, 0.1) is 23.7 Å². The highest BCUT2D eigenvalue weighted by Crippen LogP contribution is 2.46. The molecule has 4 aromatic heterocycles. The van der Waals surface area contributed by atoms with Crippen molar-refractivity contribution in [1.29, 1.82) is 0 Å². The van der Waals surface area contributed by atoms with Gasteiger partial charge in [-0.1, -0.05) is 22.6 Å². The van der Waals surface area contributed by atoms with Crippen LogP contribution in [0.1, 0.15) is 63.3 Å². The zero-order valence-electron chi connectivity index (χ0n) is 27.6. The molecule has 4 fully saturated rings. The van der Waals surface area contributed by atoms with E-state index < -0.39 is 11.9 Å². The van der Waals surface area contributed by atoms with Crippen molar-refractivity contribution in [3.63, 3.8) is 0 Å². The molecule has 16 heteroatoms. The molecule has 4 atom stereocenters. The Balaban J connectivity index is 0.000000154. The Morgan fingerprint density at radius 3 is 1.80 bits per heavy atom. The summed E-state index contributed by atoms with van der Waals surface area (Å²) in [4.78, 5) is 36.6. The van der Waals surface area contributed by atoms with Crippen molar-refractivity contribution >= 4 is 23.6 Å². The molecule has 4 unspecified atom stereocenters. The van der Waals surface area contributed by atoms with Gasteiger partial charge in [0.15, 0.2) is 11.4 Å². The van der Waals surface area contributed by atoms with Gasteiger partial charge < -0.3 is 29.5 Å². The number of anilines is 2. The van der Waals surface area contributed by atoms with Gasteiger partial charge in [-0.15, -0.1) is 10.2 Å². The van der Waals surface area contributed by atoms with E-state index in [1.807, 2.05) is 24.3 Å². The zero-order chi connectivity index (χ0) is 34.1. The number of aliphatic hydroxyl groups is 1. The minimum absolute atomic E-state index is 0.0656. The highest BCUT2D eigenvalue weighted by atomic mass is 16.5. The molecule has 6 heterocycles. The number of carbonyl (C=O) groups excluding carboxylic acids is 1. The molecule has 2 saturated heterocycles. The number of ether oxygens (including phenoxy) is 2. The third-order valence-electron chi connectivity index (χ3n) is 9.59. The first kappa shape index (κ1) is 32.6. The molecule has 2 aliphatic heterocycles. The van der Waals surface area contributed by atoms with E-state index in [9.17, 15) is 14.7 Å². The molecule has 2 N–H and O–H groups in total. The van der Waals surface area contributed by atoms with Crippen LogP contribution in [-0.2, 0) is 35.8 Å². The molecule has 0 radical (unpaired) electrons. The maximum absolute atomic E-state index is 11.7. The number of esters is 1. The summed E-state index contributed by atoms with van der Waals surface area (Å²) in [5.41, 5.74) is 3.40. The quantitative estimate of drug-likeness (QED) is 0.208. The fourth-order valence-electron chi connectivity index (χ4n) is 6.74. The molecular formula is C33H40N10O6. The molecule has 0 aromatic carbocycles. The fourth-order valence-corrected chi connectivity index (χ4v) is 6.74. The summed E-state index contributed by atoms with van der Waals surface area (Å²) in [6.45, 7) is 7.42. The maximum atomic E-state index is 11.7. The van der Waals surface area contributed by atoms with Crippen LogP contribution in [0.25, 0.3) is 0 Å². The smallest absolute Gasteiger partial charge is 0.360 e. The second-order valence-electron chi connectivity index (χ2n) is 13.1. The lowest BCUT2D eigenvalue weighted by molar-refractivity contribution is 0.0518. The summed E-state index contributed by atoms with van der Waals surface area (Å²) in [5, 5.41) is 33.9.